The third-order valence-electron chi connectivity index (χ3n) is 3.66. The first-order chi connectivity index (χ1) is 12.0. The Morgan fingerprint density at radius 2 is 1.88 bits per heavy atom. The Bertz CT molecular complexity index is 979. The molecule has 0 bridgehead atoms. The second kappa shape index (κ2) is 7.26. The van der Waals surface area contributed by atoms with Crippen LogP contribution in [0.2, 0.25) is 0 Å². The number of nitrogens with zero attached hydrogens (tertiary/aromatic N) is 1. The first-order valence-corrected chi connectivity index (χ1v) is 9.91. The number of thiazole rings is 1. The van der Waals surface area contributed by atoms with Crippen molar-refractivity contribution in [1.82, 2.24) is 9.71 Å². The molecule has 1 heterocycles. The maximum absolute atomic E-state index is 12.3. The van der Waals surface area contributed by atoms with E-state index in [0.717, 1.165) is 11.1 Å². The van der Waals surface area contributed by atoms with Crippen molar-refractivity contribution in [3.63, 3.8) is 0 Å². The lowest BCUT2D eigenvalue weighted by atomic mass is 10.0. The largest absolute Gasteiger partial charge is 0.295 e. The fourth-order valence-electron chi connectivity index (χ4n) is 2.32. The molecule has 128 valence electrons. The first kappa shape index (κ1) is 17.5. The highest BCUT2D eigenvalue weighted by Gasteiger charge is 2.14. The summed E-state index contributed by atoms with van der Waals surface area (Å²) in [6, 6.07) is 13.8. The number of nitrogens with one attached hydrogen (secondary N) is 1. The van der Waals surface area contributed by atoms with Crippen LogP contribution in [0, 0.1) is 0 Å². The van der Waals surface area contributed by atoms with Crippen LogP contribution in [0.4, 0.5) is 0 Å². The minimum atomic E-state index is -3.59. The smallest absolute Gasteiger partial charge is 0.240 e. The molecular weight excluding hydrogens is 356 g/mol. The van der Waals surface area contributed by atoms with Crippen LogP contribution in [0.3, 0.4) is 0 Å². The Labute approximate surface area is 150 Å². The lowest BCUT2D eigenvalue weighted by Crippen LogP contribution is -2.23. The molecule has 1 N–H and O–H groups in total. The van der Waals surface area contributed by atoms with Gasteiger partial charge in [0.05, 0.1) is 11.4 Å². The molecular formula is C18H16N2O3S2. The van der Waals surface area contributed by atoms with Crippen LogP contribution < -0.4 is 4.72 Å². The predicted molar refractivity (Wildman–Crippen MR) is 98.0 cm³/mol. The number of Topliss-reactive ketones (excluding diaryl/α,β-unsaturated/α-hetero) is 1. The monoisotopic (exact) mass is 372 g/mol. The molecule has 0 aliphatic carbocycles. The summed E-state index contributed by atoms with van der Waals surface area (Å²) in [6.07, 6.45) is 1.64. The summed E-state index contributed by atoms with van der Waals surface area (Å²) in [4.78, 5) is 15.7. The molecule has 0 atom stereocenters. The summed E-state index contributed by atoms with van der Waals surface area (Å²) in [7, 11) is -3.59. The molecule has 3 rings (SSSR count). The van der Waals surface area contributed by atoms with E-state index in [4.69, 9.17) is 0 Å². The minimum Gasteiger partial charge on any atom is -0.295 e. The van der Waals surface area contributed by atoms with Gasteiger partial charge >= 0.3 is 0 Å². The summed E-state index contributed by atoms with van der Waals surface area (Å²) in [6.45, 7) is 1.69. The minimum absolute atomic E-state index is 0.00701. The van der Waals surface area contributed by atoms with Crippen molar-refractivity contribution >= 4 is 27.1 Å². The Balaban J connectivity index is 1.79. The van der Waals surface area contributed by atoms with E-state index in [1.165, 1.54) is 18.3 Å². The number of sulfonamides is 1. The van der Waals surface area contributed by atoms with Gasteiger partial charge in [-0.3, -0.25) is 4.79 Å². The lowest BCUT2D eigenvalue weighted by Gasteiger charge is -2.07. The van der Waals surface area contributed by atoms with Gasteiger partial charge in [-0.1, -0.05) is 30.3 Å². The Morgan fingerprint density at radius 3 is 2.52 bits per heavy atom. The van der Waals surface area contributed by atoms with Gasteiger partial charge in [0.2, 0.25) is 10.0 Å². The highest BCUT2D eigenvalue weighted by atomic mass is 32.2. The van der Waals surface area contributed by atoms with Crippen LogP contribution in [-0.2, 0) is 16.6 Å². The maximum atomic E-state index is 12.3. The molecule has 0 spiro atoms. The summed E-state index contributed by atoms with van der Waals surface area (Å²) >= 11 is 1.40. The number of hydrogen-bond donors (Lipinski definition) is 1. The molecule has 7 heteroatoms. The summed E-state index contributed by atoms with van der Waals surface area (Å²) in [5.74, 6) is -0.00701. The highest BCUT2D eigenvalue weighted by Crippen LogP contribution is 2.22. The van der Waals surface area contributed by atoms with Gasteiger partial charge in [-0.05, 0) is 36.2 Å². The molecule has 25 heavy (non-hydrogen) atoms. The number of carbonyl (C=O) groups excluding carboxylic acids is 1. The number of aromatic nitrogens is 1. The van der Waals surface area contributed by atoms with E-state index in [2.05, 4.69) is 9.71 Å². The highest BCUT2D eigenvalue weighted by molar-refractivity contribution is 7.89. The topological polar surface area (TPSA) is 76.1 Å². The fourth-order valence-corrected chi connectivity index (χ4v) is 3.96. The fraction of sp³-hybridized carbons (Fsp3) is 0.111. The van der Waals surface area contributed by atoms with Gasteiger partial charge in [-0.25, -0.2) is 18.1 Å². The zero-order valence-electron chi connectivity index (χ0n) is 13.5. The zero-order valence-corrected chi connectivity index (χ0v) is 15.1. The molecule has 0 aliphatic rings. The van der Waals surface area contributed by atoms with Gasteiger partial charge in [0.1, 0.15) is 5.01 Å². The van der Waals surface area contributed by atoms with E-state index < -0.39 is 10.0 Å². The maximum Gasteiger partial charge on any atom is 0.240 e. The molecule has 0 saturated carbocycles. The quantitative estimate of drug-likeness (QED) is 0.672. The second-order valence-corrected chi connectivity index (χ2v) is 8.16. The average molecular weight is 372 g/mol. The molecule has 0 unspecified atom stereocenters. The third-order valence-corrected chi connectivity index (χ3v) is 5.86. The Kier molecular flexibility index (Phi) is 5.08. The van der Waals surface area contributed by atoms with Gasteiger partial charge in [0, 0.05) is 17.1 Å². The normalized spacial score (nSPS) is 11.4. The van der Waals surface area contributed by atoms with Crippen molar-refractivity contribution in [3.8, 4) is 11.1 Å². The Hall–Kier alpha value is -2.35. The molecule has 1 aromatic heterocycles. The predicted octanol–water partition coefficient (Wildman–Crippen LogP) is 3.49. The van der Waals surface area contributed by atoms with Gasteiger partial charge in [-0.15, -0.1) is 11.3 Å². The van der Waals surface area contributed by atoms with Crippen molar-refractivity contribution in [2.24, 2.45) is 0 Å². The molecule has 0 saturated heterocycles. The molecule has 3 aromatic rings. The van der Waals surface area contributed by atoms with Crippen molar-refractivity contribution in [2.45, 2.75) is 18.4 Å². The van der Waals surface area contributed by atoms with Gasteiger partial charge in [-0.2, -0.15) is 0 Å². The van der Waals surface area contributed by atoms with E-state index in [1.807, 2.05) is 12.1 Å². The zero-order chi connectivity index (χ0) is 17.9. The van der Waals surface area contributed by atoms with E-state index in [9.17, 15) is 13.2 Å². The van der Waals surface area contributed by atoms with Gasteiger partial charge in [0.25, 0.3) is 0 Å². The summed E-state index contributed by atoms with van der Waals surface area (Å²) < 4.78 is 27.2. The van der Waals surface area contributed by atoms with Crippen molar-refractivity contribution in [2.75, 3.05) is 0 Å². The van der Waals surface area contributed by atoms with Crippen LogP contribution >= 0.6 is 11.3 Å². The number of ketones is 1. The van der Waals surface area contributed by atoms with E-state index in [0.29, 0.717) is 10.6 Å². The van der Waals surface area contributed by atoms with Crippen LogP contribution in [0.25, 0.3) is 11.1 Å². The van der Waals surface area contributed by atoms with Gasteiger partial charge < -0.3 is 0 Å². The molecule has 0 fully saturated rings. The van der Waals surface area contributed by atoms with E-state index >= 15 is 0 Å². The van der Waals surface area contributed by atoms with Crippen LogP contribution in [-0.4, -0.2) is 19.2 Å². The van der Waals surface area contributed by atoms with Crippen molar-refractivity contribution in [1.29, 1.82) is 0 Å². The van der Waals surface area contributed by atoms with Crippen LogP contribution in [0.1, 0.15) is 22.3 Å². The van der Waals surface area contributed by atoms with E-state index in [1.54, 1.807) is 48.0 Å². The van der Waals surface area contributed by atoms with Gasteiger partial charge in [0.15, 0.2) is 5.78 Å². The number of carbonyl (C=O) groups is 1. The SMILES string of the molecule is CC(=O)c1cccc(-c2ccc(S(=O)(=O)NCc3nccs3)cc2)c1. The Morgan fingerprint density at radius 1 is 1.12 bits per heavy atom. The molecule has 0 aliphatic heterocycles. The van der Waals surface area contributed by atoms with Crippen molar-refractivity contribution in [3.05, 3.63) is 70.7 Å². The molecule has 0 amide bonds. The lowest BCUT2D eigenvalue weighted by molar-refractivity contribution is 0.101. The van der Waals surface area contributed by atoms with E-state index in [-0.39, 0.29) is 17.2 Å². The average Bonchev–Trinajstić information content (AvgIpc) is 3.14. The third kappa shape index (κ3) is 4.19. The van der Waals surface area contributed by atoms with Crippen LogP contribution in [0.15, 0.2) is 65.0 Å². The second-order valence-electron chi connectivity index (χ2n) is 5.41. The summed E-state index contributed by atoms with van der Waals surface area (Å²) in [5, 5.41) is 2.51. The number of benzene rings is 2. The van der Waals surface area contributed by atoms with Crippen molar-refractivity contribution < 1.29 is 13.2 Å². The molecule has 0 radical (unpaired) electrons. The number of hydrogen-bond acceptors (Lipinski definition) is 5. The summed E-state index contributed by atoms with van der Waals surface area (Å²) in [5.41, 5.74) is 2.34. The standard InChI is InChI=1S/C18H16N2O3S2/c1-13(21)15-3-2-4-16(11-15)14-5-7-17(8-6-14)25(22,23)20-12-18-19-9-10-24-18/h2-11,20H,12H2,1H3. The molecule has 2 aromatic carbocycles. The molecule has 5 nitrogen and oxygen atoms in total. The first-order valence-electron chi connectivity index (χ1n) is 7.55. The number of rotatable bonds is 6. The van der Waals surface area contributed by atoms with Crippen LogP contribution in [0.5, 0.6) is 0 Å².